The van der Waals surface area contributed by atoms with Gasteiger partial charge >= 0.3 is 0 Å². The molecule has 0 spiro atoms. The molecule has 12 aromatic rings. The Morgan fingerprint density at radius 2 is 1.02 bits per heavy atom. The zero-order valence-corrected chi connectivity index (χ0v) is 30.2. The summed E-state index contributed by atoms with van der Waals surface area (Å²) in [6.45, 7) is 0. The number of hydrogen-bond donors (Lipinski definition) is 0. The number of anilines is 3. The standard InChI is InChI=1S/C52H32N2O2/c1-2-16-39-33(12-1)24-27-43-44-30-34(25-28-51(44)56-52(39)43)38-15-3-7-20-46(38)53(37-26-29-50-45(32-37)42-19-6-10-23-49(42)55-50)35-13-11-14-36(31-35)54-47-21-8-4-17-40(47)41-18-5-9-22-48(41)54/h1-32H. The average molecular weight is 717 g/mol. The summed E-state index contributed by atoms with van der Waals surface area (Å²) in [5.74, 6) is 0. The SMILES string of the molecule is c1cc(N(c2ccc3oc4ccccc4c3c2)c2ccccc2-c2ccc3oc4c5ccccc5ccc4c3c2)cc(-n2c3ccccc3c3ccccc32)c1. The third-order valence-electron chi connectivity index (χ3n) is 11.4. The fourth-order valence-corrected chi connectivity index (χ4v) is 8.84. The second-order valence-electron chi connectivity index (χ2n) is 14.5. The van der Waals surface area contributed by atoms with E-state index in [-0.39, 0.29) is 0 Å². The molecule has 56 heavy (non-hydrogen) atoms. The van der Waals surface area contributed by atoms with Crippen LogP contribution in [0.15, 0.2) is 203 Å². The molecule has 3 aromatic heterocycles. The molecule has 0 fully saturated rings. The van der Waals surface area contributed by atoms with Gasteiger partial charge in [0.1, 0.15) is 22.3 Å². The lowest BCUT2D eigenvalue weighted by Gasteiger charge is -2.28. The van der Waals surface area contributed by atoms with Gasteiger partial charge < -0.3 is 18.3 Å². The van der Waals surface area contributed by atoms with Gasteiger partial charge in [-0.3, -0.25) is 0 Å². The van der Waals surface area contributed by atoms with Crippen LogP contribution < -0.4 is 4.90 Å². The van der Waals surface area contributed by atoms with Gasteiger partial charge in [0.15, 0.2) is 0 Å². The molecule has 0 N–H and O–H groups in total. The third-order valence-corrected chi connectivity index (χ3v) is 11.4. The number of furan rings is 2. The molecule has 0 saturated carbocycles. The largest absolute Gasteiger partial charge is 0.456 e. The normalized spacial score (nSPS) is 11.9. The van der Waals surface area contributed by atoms with Crippen LogP contribution in [0.5, 0.6) is 0 Å². The van der Waals surface area contributed by atoms with Crippen LogP contribution in [0.4, 0.5) is 17.1 Å². The van der Waals surface area contributed by atoms with E-state index in [1.807, 2.05) is 12.1 Å². The number of rotatable bonds is 5. The lowest BCUT2D eigenvalue weighted by atomic mass is 9.99. The van der Waals surface area contributed by atoms with E-state index in [1.54, 1.807) is 0 Å². The van der Waals surface area contributed by atoms with Gasteiger partial charge in [-0.25, -0.2) is 0 Å². The van der Waals surface area contributed by atoms with E-state index in [0.29, 0.717) is 0 Å². The molecule has 0 atom stereocenters. The molecule has 9 aromatic carbocycles. The van der Waals surface area contributed by atoms with Crippen LogP contribution in [0, 0.1) is 0 Å². The predicted molar refractivity (Wildman–Crippen MR) is 233 cm³/mol. The van der Waals surface area contributed by atoms with Crippen LogP contribution in [0.3, 0.4) is 0 Å². The first kappa shape index (κ1) is 30.9. The molecular weight excluding hydrogens is 685 g/mol. The van der Waals surface area contributed by atoms with Crippen LogP contribution >= 0.6 is 0 Å². The molecule has 12 rings (SSSR count). The Balaban J connectivity index is 1.09. The zero-order chi connectivity index (χ0) is 36.7. The van der Waals surface area contributed by atoms with Crippen LogP contribution in [0.25, 0.3) is 93.3 Å². The number of benzene rings is 9. The molecular formula is C52H32N2O2. The Morgan fingerprint density at radius 3 is 1.88 bits per heavy atom. The lowest BCUT2D eigenvalue weighted by Crippen LogP contribution is -2.11. The van der Waals surface area contributed by atoms with Crippen molar-refractivity contribution in [2.24, 2.45) is 0 Å². The molecule has 3 heterocycles. The van der Waals surface area contributed by atoms with Gasteiger partial charge in [-0.1, -0.05) is 115 Å². The lowest BCUT2D eigenvalue weighted by molar-refractivity contribution is 0.669. The van der Waals surface area contributed by atoms with Crippen molar-refractivity contribution >= 4 is 93.5 Å². The minimum Gasteiger partial charge on any atom is -0.456 e. The van der Waals surface area contributed by atoms with Gasteiger partial charge in [-0.05, 0) is 89.8 Å². The van der Waals surface area contributed by atoms with E-state index >= 15 is 0 Å². The van der Waals surface area contributed by atoms with E-state index in [1.165, 1.54) is 27.2 Å². The first-order chi connectivity index (χ1) is 27.8. The summed E-state index contributed by atoms with van der Waals surface area (Å²) in [7, 11) is 0. The van der Waals surface area contributed by atoms with Crippen molar-refractivity contribution < 1.29 is 8.83 Å². The molecule has 4 nitrogen and oxygen atoms in total. The average Bonchev–Trinajstić information content (AvgIpc) is 3.93. The van der Waals surface area contributed by atoms with Crippen LogP contribution in [-0.4, -0.2) is 4.57 Å². The molecule has 0 aliphatic heterocycles. The zero-order valence-electron chi connectivity index (χ0n) is 30.2. The monoisotopic (exact) mass is 716 g/mol. The maximum absolute atomic E-state index is 6.53. The van der Waals surface area contributed by atoms with Gasteiger partial charge in [0.2, 0.25) is 0 Å². The van der Waals surface area contributed by atoms with Crippen molar-refractivity contribution in [3.05, 3.63) is 194 Å². The molecule has 0 saturated heterocycles. The van der Waals surface area contributed by atoms with Gasteiger partial charge in [0, 0.05) is 60.3 Å². The highest BCUT2D eigenvalue weighted by Gasteiger charge is 2.21. The van der Waals surface area contributed by atoms with Crippen molar-refractivity contribution in [1.29, 1.82) is 0 Å². The predicted octanol–water partition coefficient (Wildman–Crippen LogP) is 14.9. The second kappa shape index (κ2) is 12.0. The Bertz CT molecular complexity index is 3460. The minimum absolute atomic E-state index is 0.868. The molecule has 4 heteroatoms. The highest BCUT2D eigenvalue weighted by atomic mass is 16.3. The summed E-state index contributed by atoms with van der Waals surface area (Å²) in [6.07, 6.45) is 0. The first-order valence-electron chi connectivity index (χ1n) is 19.0. The van der Waals surface area contributed by atoms with Crippen molar-refractivity contribution in [2.75, 3.05) is 4.90 Å². The minimum atomic E-state index is 0.868. The van der Waals surface area contributed by atoms with E-state index in [9.17, 15) is 0 Å². The second-order valence-corrected chi connectivity index (χ2v) is 14.5. The third kappa shape index (κ3) is 4.60. The van der Waals surface area contributed by atoms with Crippen molar-refractivity contribution in [1.82, 2.24) is 4.57 Å². The van der Waals surface area contributed by atoms with E-state index < -0.39 is 0 Å². The fraction of sp³-hybridized carbons (Fsp3) is 0. The van der Waals surface area contributed by atoms with E-state index in [2.05, 4.69) is 191 Å². The highest BCUT2D eigenvalue weighted by Crippen LogP contribution is 2.45. The quantitative estimate of drug-likeness (QED) is 0.178. The molecule has 0 amide bonds. The van der Waals surface area contributed by atoms with Gasteiger partial charge in [-0.2, -0.15) is 0 Å². The Hall–Kier alpha value is -7.56. The first-order valence-corrected chi connectivity index (χ1v) is 19.0. The van der Waals surface area contributed by atoms with Crippen molar-refractivity contribution in [3.8, 4) is 16.8 Å². The summed E-state index contributed by atoms with van der Waals surface area (Å²) < 4.78 is 15.2. The molecule has 0 unspecified atom stereocenters. The molecule has 0 bridgehead atoms. The Morgan fingerprint density at radius 1 is 0.375 bits per heavy atom. The topological polar surface area (TPSA) is 34.5 Å². The highest BCUT2D eigenvalue weighted by molar-refractivity contribution is 6.16. The molecule has 262 valence electrons. The summed E-state index contributed by atoms with van der Waals surface area (Å²) >= 11 is 0. The summed E-state index contributed by atoms with van der Waals surface area (Å²) in [5.41, 5.74) is 12.4. The smallest absolute Gasteiger partial charge is 0.143 e. The van der Waals surface area contributed by atoms with Crippen molar-refractivity contribution in [2.45, 2.75) is 0 Å². The van der Waals surface area contributed by atoms with Crippen LogP contribution in [-0.2, 0) is 0 Å². The number of para-hydroxylation sites is 4. The Labute approximate surface area is 321 Å². The van der Waals surface area contributed by atoms with Gasteiger partial charge in [-0.15, -0.1) is 0 Å². The molecule has 0 aliphatic rings. The van der Waals surface area contributed by atoms with Crippen molar-refractivity contribution in [3.63, 3.8) is 0 Å². The molecule has 0 radical (unpaired) electrons. The van der Waals surface area contributed by atoms with Crippen LogP contribution in [0.1, 0.15) is 0 Å². The number of aromatic nitrogens is 1. The van der Waals surface area contributed by atoms with Crippen LogP contribution in [0.2, 0.25) is 0 Å². The fourth-order valence-electron chi connectivity index (χ4n) is 8.84. The summed E-state index contributed by atoms with van der Waals surface area (Å²) in [5, 5.41) is 9.17. The molecule has 0 aliphatic carbocycles. The maximum Gasteiger partial charge on any atom is 0.143 e. The number of hydrogen-bond acceptors (Lipinski definition) is 3. The van der Waals surface area contributed by atoms with Gasteiger partial charge in [0.25, 0.3) is 0 Å². The summed E-state index contributed by atoms with van der Waals surface area (Å²) in [4.78, 5) is 2.39. The van der Waals surface area contributed by atoms with E-state index in [0.717, 1.165) is 83.1 Å². The van der Waals surface area contributed by atoms with Gasteiger partial charge in [0.05, 0.1) is 16.7 Å². The Kier molecular flexibility index (Phi) is 6.60. The summed E-state index contributed by atoms with van der Waals surface area (Å²) in [6, 6.07) is 69.2. The number of nitrogens with zero attached hydrogens (tertiary/aromatic N) is 2. The maximum atomic E-state index is 6.53. The van der Waals surface area contributed by atoms with E-state index in [4.69, 9.17) is 8.83 Å². The number of fused-ring (bicyclic) bond motifs is 11.